The first-order valence-electron chi connectivity index (χ1n) is 4.73. The third-order valence-electron chi connectivity index (χ3n) is 2.01. The summed E-state index contributed by atoms with van der Waals surface area (Å²) in [7, 11) is 0. The van der Waals surface area contributed by atoms with Crippen LogP contribution in [0.2, 0.25) is 4.34 Å². The average Bonchev–Trinajstić information content (AvgIpc) is 2.62. The van der Waals surface area contributed by atoms with Gasteiger partial charge in [-0.05, 0) is 24.5 Å². The summed E-state index contributed by atoms with van der Waals surface area (Å²) in [5.74, 6) is 0.456. The van der Waals surface area contributed by atoms with E-state index in [1.807, 2.05) is 0 Å². The highest BCUT2D eigenvalue weighted by Gasteiger charge is 2.09. The van der Waals surface area contributed by atoms with Crippen molar-refractivity contribution in [2.45, 2.75) is 13.3 Å². The first kappa shape index (κ1) is 13.0. The first-order valence-corrected chi connectivity index (χ1v) is 7.04. The fourth-order valence-corrected chi connectivity index (χ4v) is 2.82. The zero-order chi connectivity index (χ0) is 11.3. The molecule has 1 heterocycles. The molecule has 1 rings (SSSR count). The van der Waals surface area contributed by atoms with E-state index in [0.29, 0.717) is 21.7 Å². The average molecular weight is 311 g/mol. The Bertz CT molecular complexity index is 329. The molecule has 0 saturated carbocycles. The number of thiophene rings is 1. The number of hydrogen-bond donors (Lipinski definition) is 1. The van der Waals surface area contributed by atoms with Crippen LogP contribution in [0, 0.1) is 5.92 Å². The molecule has 0 aliphatic carbocycles. The van der Waals surface area contributed by atoms with Gasteiger partial charge in [-0.25, -0.2) is 0 Å². The molecule has 0 aliphatic heterocycles. The molecular weight excluding hydrogens is 298 g/mol. The van der Waals surface area contributed by atoms with Crippen LogP contribution in [0.3, 0.4) is 0 Å². The minimum atomic E-state index is -0.0340. The highest BCUT2D eigenvalue weighted by Crippen LogP contribution is 2.21. The molecular formula is C10H13BrClNOS. The van der Waals surface area contributed by atoms with Gasteiger partial charge in [0.2, 0.25) is 0 Å². The zero-order valence-electron chi connectivity index (χ0n) is 8.43. The fourth-order valence-electron chi connectivity index (χ4n) is 1.08. The van der Waals surface area contributed by atoms with Crippen LogP contribution < -0.4 is 5.32 Å². The van der Waals surface area contributed by atoms with Crippen LogP contribution in [0.4, 0.5) is 0 Å². The highest BCUT2D eigenvalue weighted by molar-refractivity contribution is 9.09. The number of carbonyl (C=O) groups excluding carboxylic acids is 1. The van der Waals surface area contributed by atoms with E-state index in [-0.39, 0.29) is 5.91 Å². The van der Waals surface area contributed by atoms with Gasteiger partial charge < -0.3 is 5.32 Å². The van der Waals surface area contributed by atoms with Gasteiger partial charge in [-0.15, -0.1) is 11.3 Å². The van der Waals surface area contributed by atoms with Gasteiger partial charge in [0, 0.05) is 11.9 Å². The van der Waals surface area contributed by atoms with Crippen LogP contribution in [-0.4, -0.2) is 17.8 Å². The van der Waals surface area contributed by atoms with E-state index in [1.165, 1.54) is 11.3 Å². The fraction of sp³-hybridized carbons (Fsp3) is 0.500. The Hall–Kier alpha value is -0.0600. The molecule has 0 aromatic carbocycles. The predicted molar refractivity (Wildman–Crippen MR) is 69.2 cm³/mol. The molecule has 1 amide bonds. The largest absolute Gasteiger partial charge is 0.351 e. The normalized spacial score (nSPS) is 12.5. The van der Waals surface area contributed by atoms with Crippen molar-refractivity contribution in [2.24, 2.45) is 5.92 Å². The maximum atomic E-state index is 11.6. The van der Waals surface area contributed by atoms with Gasteiger partial charge in [0.15, 0.2) is 0 Å². The van der Waals surface area contributed by atoms with Gasteiger partial charge >= 0.3 is 0 Å². The molecule has 1 unspecified atom stereocenters. The molecule has 0 aliphatic rings. The van der Waals surface area contributed by atoms with E-state index in [1.54, 1.807) is 12.1 Å². The number of alkyl halides is 1. The van der Waals surface area contributed by atoms with Crippen molar-refractivity contribution in [3.8, 4) is 0 Å². The molecule has 0 radical (unpaired) electrons. The molecule has 1 atom stereocenters. The zero-order valence-corrected chi connectivity index (χ0v) is 11.6. The molecule has 1 N–H and O–H groups in total. The number of hydrogen-bond acceptors (Lipinski definition) is 2. The second-order valence-electron chi connectivity index (χ2n) is 3.40. The minimum absolute atomic E-state index is 0.0340. The third kappa shape index (κ3) is 4.53. The van der Waals surface area contributed by atoms with Gasteiger partial charge in [0.05, 0.1) is 9.21 Å². The van der Waals surface area contributed by atoms with Crippen molar-refractivity contribution < 1.29 is 4.79 Å². The molecule has 0 fully saturated rings. The van der Waals surface area contributed by atoms with Gasteiger partial charge in [0.25, 0.3) is 5.91 Å². The molecule has 5 heteroatoms. The summed E-state index contributed by atoms with van der Waals surface area (Å²) in [6.07, 6.45) is 1.06. The van der Waals surface area contributed by atoms with Crippen LogP contribution in [0.15, 0.2) is 12.1 Å². The lowest BCUT2D eigenvalue weighted by Gasteiger charge is -2.09. The number of halogens is 2. The van der Waals surface area contributed by atoms with E-state index in [0.717, 1.165) is 11.8 Å². The lowest BCUT2D eigenvalue weighted by molar-refractivity contribution is 0.0952. The van der Waals surface area contributed by atoms with Gasteiger partial charge in [-0.3, -0.25) is 4.79 Å². The summed E-state index contributed by atoms with van der Waals surface area (Å²) < 4.78 is 0.647. The Labute approximate surface area is 107 Å². The Morgan fingerprint density at radius 2 is 2.40 bits per heavy atom. The van der Waals surface area contributed by atoms with Gasteiger partial charge in [-0.2, -0.15) is 0 Å². The minimum Gasteiger partial charge on any atom is -0.351 e. The van der Waals surface area contributed by atoms with E-state index in [4.69, 9.17) is 11.6 Å². The maximum absolute atomic E-state index is 11.6. The van der Waals surface area contributed by atoms with E-state index >= 15 is 0 Å². The SMILES string of the molecule is CC(CCBr)CNC(=O)c1ccc(Cl)s1. The second kappa shape index (κ2) is 6.51. The van der Waals surface area contributed by atoms with Crippen molar-refractivity contribution in [3.63, 3.8) is 0 Å². The number of carbonyl (C=O) groups is 1. The monoisotopic (exact) mass is 309 g/mol. The first-order chi connectivity index (χ1) is 7.13. The molecule has 0 spiro atoms. The topological polar surface area (TPSA) is 29.1 Å². The van der Waals surface area contributed by atoms with Crippen molar-refractivity contribution in [2.75, 3.05) is 11.9 Å². The van der Waals surface area contributed by atoms with Crippen LogP contribution >= 0.6 is 38.9 Å². The lowest BCUT2D eigenvalue weighted by Crippen LogP contribution is -2.27. The summed E-state index contributed by atoms with van der Waals surface area (Å²) in [6.45, 7) is 2.82. The molecule has 1 aromatic rings. The quantitative estimate of drug-likeness (QED) is 0.828. The highest BCUT2D eigenvalue weighted by atomic mass is 79.9. The Morgan fingerprint density at radius 3 is 2.93 bits per heavy atom. The Balaban J connectivity index is 2.36. The molecule has 84 valence electrons. The Morgan fingerprint density at radius 1 is 1.67 bits per heavy atom. The molecule has 2 nitrogen and oxygen atoms in total. The predicted octanol–water partition coefficient (Wildman–Crippen LogP) is 3.55. The smallest absolute Gasteiger partial charge is 0.261 e. The lowest BCUT2D eigenvalue weighted by atomic mass is 10.1. The van der Waals surface area contributed by atoms with Crippen LogP contribution in [-0.2, 0) is 0 Å². The summed E-state index contributed by atoms with van der Waals surface area (Å²) >= 11 is 10.4. The number of nitrogens with one attached hydrogen (secondary N) is 1. The van der Waals surface area contributed by atoms with Crippen molar-refractivity contribution in [1.29, 1.82) is 0 Å². The van der Waals surface area contributed by atoms with E-state index in [9.17, 15) is 4.79 Å². The second-order valence-corrected chi connectivity index (χ2v) is 5.90. The van der Waals surface area contributed by atoms with Crippen LogP contribution in [0.25, 0.3) is 0 Å². The summed E-state index contributed by atoms with van der Waals surface area (Å²) in [6, 6.07) is 3.49. The molecule has 0 saturated heterocycles. The maximum Gasteiger partial charge on any atom is 0.261 e. The van der Waals surface area contributed by atoms with Gasteiger partial charge in [-0.1, -0.05) is 34.5 Å². The molecule has 0 bridgehead atoms. The summed E-state index contributed by atoms with van der Waals surface area (Å²) in [4.78, 5) is 12.3. The summed E-state index contributed by atoms with van der Waals surface area (Å²) in [5, 5.41) is 3.86. The van der Waals surface area contributed by atoms with Gasteiger partial charge in [0.1, 0.15) is 0 Å². The van der Waals surface area contributed by atoms with Crippen molar-refractivity contribution in [1.82, 2.24) is 5.32 Å². The molecule has 1 aromatic heterocycles. The van der Waals surface area contributed by atoms with Crippen molar-refractivity contribution in [3.05, 3.63) is 21.3 Å². The van der Waals surface area contributed by atoms with E-state index in [2.05, 4.69) is 28.2 Å². The number of amides is 1. The standard InChI is InChI=1S/C10H13BrClNOS/c1-7(4-5-11)6-13-10(14)8-2-3-9(12)15-8/h2-3,7H,4-6H2,1H3,(H,13,14). The summed E-state index contributed by atoms with van der Waals surface area (Å²) in [5.41, 5.74) is 0. The van der Waals surface area contributed by atoms with Crippen molar-refractivity contribution >= 4 is 44.8 Å². The third-order valence-corrected chi connectivity index (χ3v) is 3.70. The van der Waals surface area contributed by atoms with Crippen LogP contribution in [0.1, 0.15) is 23.0 Å². The number of rotatable bonds is 5. The van der Waals surface area contributed by atoms with E-state index < -0.39 is 0 Å². The molecule has 15 heavy (non-hydrogen) atoms. The van der Waals surface area contributed by atoms with Crippen LogP contribution in [0.5, 0.6) is 0 Å². The Kier molecular flexibility index (Phi) is 5.64.